The number of nitrogens with zero attached hydrogens (tertiary/aromatic N) is 2. The Morgan fingerprint density at radius 1 is 1.30 bits per heavy atom. The van der Waals surface area contributed by atoms with Crippen LogP contribution in [0.5, 0.6) is 0 Å². The maximum Gasteiger partial charge on any atom is 0.165 e. The third-order valence-corrected chi connectivity index (χ3v) is 4.83. The summed E-state index contributed by atoms with van der Waals surface area (Å²) >= 11 is 1.75. The van der Waals surface area contributed by atoms with E-state index in [1.165, 1.54) is 4.88 Å². The highest BCUT2D eigenvalue weighted by atomic mass is 32.1. The van der Waals surface area contributed by atoms with E-state index in [0.717, 1.165) is 41.5 Å². The number of hydrogen-bond acceptors (Lipinski definition) is 4. The van der Waals surface area contributed by atoms with Gasteiger partial charge in [0, 0.05) is 29.1 Å². The molecule has 0 spiro atoms. The molecule has 1 aromatic carbocycles. The Hall–Kier alpha value is -1.68. The third-order valence-electron chi connectivity index (χ3n) is 3.78. The summed E-state index contributed by atoms with van der Waals surface area (Å²) in [6.45, 7) is 5.87. The molecule has 20 heavy (non-hydrogen) atoms. The number of aryl methyl sites for hydroxylation is 2. The van der Waals surface area contributed by atoms with Crippen LogP contribution in [0.25, 0.3) is 0 Å². The fourth-order valence-corrected chi connectivity index (χ4v) is 3.55. The summed E-state index contributed by atoms with van der Waals surface area (Å²) in [6, 6.07) is 7.93. The summed E-state index contributed by atoms with van der Waals surface area (Å²) < 4.78 is 0. The van der Waals surface area contributed by atoms with Gasteiger partial charge >= 0.3 is 0 Å². The van der Waals surface area contributed by atoms with Gasteiger partial charge in [-0.25, -0.2) is 4.98 Å². The lowest BCUT2D eigenvalue weighted by molar-refractivity contribution is 0.0984. The average molecular weight is 286 g/mol. The summed E-state index contributed by atoms with van der Waals surface area (Å²) in [7, 11) is 0. The van der Waals surface area contributed by atoms with E-state index in [9.17, 15) is 4.79 Å². The van der Waals surface area contributed by atoms with Crippen molar-refractivity contribution < 1.29 is 4.79 Å². The van der Waals surface area contributed by atoms with E-state index in [2.05, 4.69) is 23.7 Å². The van der Waals surface area contributed by atoms with Gasteiger partial charge in [-0.15, -0.1) is 11.3 Å². The molecule has 2 aromatic rings. The van der Waals surface area contributed by atoms with Crippen LogP contribution in [0.4, 0.5) is 5.69 Å². The van der Waals surface area contributed by atoms with Crippen LogP contribution in [0.3, 0.4) is 0 Å². The highest BCUT2D eigenvalue weighted by Crippen LogP contribution is 2.28. The van der Waals surface area contributed by atoms with Gasteiger partial charge in [-0.3, -0.25) is 4.79 Å². The number of benzene rings is 1. The van der Waals surface area contributed by atoms with E-state index in [1.807, 2.05) is 24.3 Å². The van der Waals surface area contributed by atoms with Crippen LogP contribution in [-0.4, -0.2) is 17.3 Å². The second-order valence-electron chi connectivity index (χ2n) is 5.21. The first-order valence-corrected chi connectivity index (χ1v) is 7.77. The number of carbonyl (C=O) groups is 1. The number of ketones is 1. The Labute approximate surface area is 123 Å². The molecule has 1 aliphatic heterocycles. The Balaban J connectivity index is 1.93. The van der Waals surface area contributed by atoms with E-state index < -0.39 is 0 Å². The predicted octanol–water partition coefficient (Wildman–Crippen LogP) is 3.74. The van der Waals surface area contributed by atoms with Crippen molar-refractivity contribution in [2.24, 2.45) is 0 Å². The van der Waals surface area contributed by atoms with Crippen molar-refractivity contribution in [3.05, 3.63) is 45.4 Å². The topological polar surface area (TPSA) is 33.2 Å². The zero-order valence-electron chi connectivity index (χ0n) is 11.8. The van der Waals surface area contributed by atoms with Crippen molar-refractivity contribution in [2.75, 3.05) is 11.4 Å². The van der Waals surface area contributed by atoms with Gasteiger partial charge in [0.2, 0.25) is 0 Å². The third kappa shape index (κ3) is 2.48. The molecule has 0 fully saturated rings. The number of aromatic nitrogens is 1. The van der Waals surface area contributed by atoms with Gasteiger partial charge in [-0.2, -0.15) is 0 Å². The molecule has 0 unspecified atom stereocenters. The maximum absolute atomic E-state index is 12.1. The Morgan fingerprint density at radius 3 is 2.85 bits per heavy atom. The Kier molecular flexibility index (Phi) is 3.57. The molecule has 1 aromatic heterocycles. The van der Waals surface area contributed by atoms with Crippen molar-refractivity contribution >= 4 is 22.8 Å². The highest BCUT2D eigenvalue weighted by molar-refractivity contribution is 7.11. The minimum atomic E-state index is 0.259. The van der Waals surface area contributed by atoms with Crippen LogP contribution in [0, 0.1) is 13.8 Å². The number of fused-ring (bicyclic) bond motifs is 1. The predicted molar refractivity (Wildman–Crippen MR) is 82.6 cm³/mol. The average Bonchev–Trinajstić information content (AvgIpc) is 2.66. The lowest BCUT2D eigenvalue weighted by Crippen LogP contribution is -2.23. The van der Waals surface area contributed by atoms with Crippen molar-refractivity contribution in [2.45, 2.75) is 33.2 Å². The summed E-state index contributed by atoms with van der Waals surface area (Å²) in [6.07, 6.45) is 1.56. The number of carbonyl (C=O) groups excluding carboxylic acids is 1. The minimum Gasteiger partial charge on any atom is -0.364 e. The molecule has 0 radical (unpaired) electrons. The van der Waals surface area contributed by atoms with E-state index >= 15 is 0 Å². The Bertz CT molecular complexity index is 628. The monoisotopic (exact) mass is 286 g/mol. The van der Waals surface area contributed by atoms with E-state index in [4.69, 9.17) is 0 Å². The van der Waals surface area contributed by atoms with E-state index in [-0.39, 0.29) is 5.78 Å². The highest BCUT2D eigenvalue weighted by Gasteiger charge is 2.21. The molecule has 3 nitrogen and oxygen atoms in total. The summed E-state index contributed by atoms with van der Waals surface area (Å²) in [5.74, 6) is 0.259. The maximum atomic E-state index is 12.1. The number of hydrogen-bond donors (Lipinski definition) is 0. The molecule has 0 N–H and O–H groups in total. The van der Waals surface area contributed by atoms with Crippen LogP contribution in [0.2, 0.25) is 0 Å². The molecule has 0 aliphatic carbocycles. The van der Waals surface area contributed by atoms with Gasteiger partial charge in [-0.05, 0) is 32.4 Å². The lowest BCUT2D eigenvalue weighted by atomic mass is 10.1. The van der Waals surface area contributed by atoms with Crippen LogP contribution in [-0.2, 0) is 6.54 Å². The smallest absolute Gasteiger partial charge is 0.165 e. The second kappa shape index (κ2) is 5.37. The van der Waals surface area contributed by atoms with Crippen LogP contribution >= 0.6 is 11.3 Å². The molecule has 1 aliphatic rings. The molecule has 0 saturated heterocycles. The van der Waals surface area contributed by atoms with Crippen LogP contribution in [0.15, 0.2) is 24.3 Å². The number of para-hydroxylation sites is 1. The number of thiazole rings is 1. The first-order valence-electron chi connectivity index (χ1n) is 6.95. The molecule has 0 bridgehead atoms. The number of anilines is 1. The normalized spacial score (nSPS) is 15.1. The molecular weight excluding hydrogens is 268 g/mol. The first-order chi connectivity index (χ1) is 9.65. The van der Waals surface area contributed by atoms with Crippen molar-refractivity contribution in [1.82, 2.24) is 4.98 Å². The number of Topliss-reactive ketones (excluding diaryl/α,β-unsaturated/α-hetero) is 1. The second-order valence-corrected chi connectivity index (χ2v) is 6.50. The minimum absolute atomic E-state index is 0.259. The SMILES string of the molecule is Cc1nc(CN2CCCC(=O)c3ccccc32)sc1C. The molecule has 0 saturated carbocycles. The van der Waals surface area contributed by atoms with E-state index in [1.54, 1.807) is 11.3 Å². The summed E-state index contributed by atoms with van der Waals surface area (Å²) in [5, 5.41) is 1.13. The van der Waals surface area contributed by atoms with Gasteiger partial charge < -0.3 is 4.90 Å². The lowest BCUT2D eigenvalue weighted by Gasteiger charge is -2.23. The van der Waals surface area contributed by atoms with Gasteiger partial charge in [0.15, 0.2) is 5.78 Å². The molecule has 0 amide bonds. The zero-order chi connectivity index (χ0) is 14.1. The van der Waals surface area contributed by atoms with Crippen molar-refractivity contribution in [3.8, 4) is 0 Å². The van der Waals surface area contributed by atoms with Crippen LogP contribution < -0.4 is 4.90 Å². The molecular formula is C16H18N2OS. The quantitative estimate of drug-likeness (QED) is 0.843. The summed E-state index contributed by atoms with van der Waals surface area (Å²) in [4.78, 5) is 20.3. The standard InChI is InChI=1S/C16H18N2OS/c1-11-12(2)20-16(17-11)10-18-9-5-8-15(19)13-6-3-4-7-14(13)18/h3-4,6-7H,5,8-10H2,1-2H3. The fraction of sp³-hybridized carbons (Fsp3) is 0.375. The van der Waals surface area contributed by atoms with Gasteiger partial charge in [0.1, 0.15) is 5.01 Å². The van der Waals surface area contributed by atoms with Crippen LogP contribution in [0.1, 0.15) is 38.8 Å². The van der Waals surface area contributed by atoms with Gasteiger partial charge in [0.25, 0.3) is 0 Å². The van der Waals surface area contributed by atoms with Crippen molar-refractivity contribution in [1.29, 1.82) is 0 Å². The molecule has 4 heteroatoms. The fourth-order valence-electron chi connectivity index (χ4n) is 2.61. The zero-order valence-corrected chi connectivity index (χ0v) is 12.7. The molecule has 2 heterocycles. The Morgan fingerprint density at radius 2 is 2.10 bits per heavy atom. The first kappa shape index (κ1) is 13.3. The number of rotatable bonds is 2. The largest absolute Gasteiger partial charge is 0.364 e. The summed E-state index contributed by atoms with van der Waals surface area (Å²) in [5.41, 5.74) is 3.03. The van der Waals surface area contributed by atoms with Gasteiger partial charge in [0.05, 0.1) is 12.2 Å². The van der Waals surface area contributed by atoms with Crippen molar-refractivity contribution in [3.63, 3.8) is 0 Å². The van der Waals surface area contributed by atoms with E-state index in [0.29, 0.717) is 6.42 Å². The van der Waals surface area contributed by atoms with Gasteiger partial charge in [-0.1, -0.05) is 12.1 Å². The molecule has 104 valence electrons. The molecule has 0 atom stereocenters. The molecule has 3 rings (SSSR count).